The van der Waals surface area contributed by atoms with Gasteiger partial charge in [0.15, 0.2) is 5.65 Å². The lowest BCUT2D eigenvalue weighted by atomic mass is 10.1. The first-order valence-corrected chi connectivity index (χ1v) is 9.42. The maximum absolute atomic E-state index is 12.6. The van der Waals surface area contributed by atoms with E-state index >= 15 is 0 Å². The van der Waals surface area contributed by atoms with Gasteiger partial charge in [-0.05, 0) is 51.2 Å². The van der Waals surface area contributed by atoms with E-state index in [0.29, 0.717) is 12.2 Å². The third kappa shape index (κ3) is 3.35. The molecule has 1 N–H and O–H groups in total. The molecule has 0 bridgehead atoms. The number of pyridine rings is 1. The van der Waals surface area contributed by atoms with E-state index < -0.39 is 0 Å². The Hall–Kier alpha value is -2.28. The summed E-state index contributed by atoms with van der Waals surface area (Å²) < 4.78 is 5.57. The quantitative estimate of drug-likeness (QED) is 0.905. The SMILES string of the molecule is Cc1cc(C)c2c(N3CCCC3)nc(C(=O)NC[C@H]3CCCO3)nc2n1. The highest BCUT2D eigenvalue weighted by Gasteiger charge is 2.23. The number of aromatic nitrogens is 3. The fraction of sp³-hybridized carbons (Fsp3) is 0.579. The molecule has 0 saturated carbocycles. The molecule has 26 heavy (non-hydrogen) atoms. The number of ether oxygens (including phenoxy) is 1. The van der Waals surface area contributed by atoms with Crippen LogP contribution in [-0.4, -0.2) is 53.2 Å². The summed E-state index contributed by atoms with van der Waals surface area (Å²) in [6.45, 7) is 7.18. The fourth-order valence-electron chi connectivity index (χ4n) is 3.81. The number of anilines is 1. The molecule has 2 aromatic heterocycles. The lowest BCUT2D eigenvalue weighted by molar-refractivity contribution is 0.0849. The lowest BCUT2D eigenvalue weighted by Crippen LogP contribution is -2.33. The number of nitrogens with zero attached hydrogens (tertiary/aromatic N) is 4. The van der Waals surface area contributed by atoms with Crippen molar-refractivity contribution in [1.82, 2.24) is 20.3 Å². The molecule has 4 heterocycles. The molecule has 2 saturated heterocycles. The van der Waals surface area contributed by atoms with Crippen molar-refractivity contribution in [3.63, 3.8) is 0 Å². The lowest BCUT2D eigenvalue weighted by Gasteiger charge is -2.20. The minimum absolute atomic E-state index is 0.0973. The first kappa shape index (κ1) is 17.1. The Morgan fingerprint density at radius 1 is 1.23 bits per heavy atom. The second kappa shape index (κ2) is 7.15. The van der Waals surface area contributed by atoms with Crippen molar-refractivity contribution in [2.45, 2.75) is 45.6 Å². The molecule has 0 unspecified atom stereocenters. The van der Waals surface area contributed by atoms with Crippen LogP contribution in [0.4, 0.5) is 5.82 Å². The normalized spacial score (nSPS) is 20.1. The molecule has 2 fully saturated rings. The summed E-state index contributed by atoms with van der Waals surface area (Å²) in [4.78, 5) is 28.6. The molecule has 2 aromatic rings. The summed E-state index contributed by atoms with van der Waals surface area (Å²) in [7, 11) is 0. The maximum Gasteiger partial charge on any atom is 0.289 e. The van der Waals surface area contributed by atoms with E-state index in [0.717, 1.165) is 67.8 Å². The van der Waals surface area contributed by atoms with E-state index in [9.17, 15) is 4.79 Å². The molecule has 0 aromatic carbocycles. The summed E-state index contributed by atoms with van der Waals surface area (Å²) in [5.41, 5.74) is 2.59. The van der Waals surface area contributed by atoms with E-state index in [4.69, 9.17) is 4.74 Å². The third-order valence-corrected chi connectivity index (χ3v) is 5.10. The van der Waals surface area contributed by atoms with E-state index in [2.05, 4.69) is 32.1 Å². The first-order chi connectivity index (χ1) is 12.6. The molecule has 2 aliphatic heterocycles. The molecule has 1 atom stereocenters. The zero-order valence-corrected chi connectivity index (χ0v) is 15.4. The Kier molecular flexibility index (Phi) is 4.72. The molecule has 2 aliphatic rings. The van der Waals surface area contributed by atoms with E-state index in [-0.39, 0.29) is 17.8 Å². The first-order valence-electron chi connectivity index (χ1n) is 9.42. The summed E-state index contributed by atoms with van der Waals surface area (Å²) in [5, 5.41) is 3.87. The number of rotatable bonds is 4. The highest BCUT2D eigenvalue weighted by molar-refractivity contribution is 5.96. The number of amides is 1. The average molecular weight is 355 g/mol. The van der Waals surface area contributed by atoms with E-state index in [1.54, 1.807) is 0 Å². The monoisotopic (exact) mass is 355 g/mol. The van der Waals surface area contributed by atoms with Gasteiger partial charge in [-0.25, -0.2) is 15.0 Å². The Morgan fingerprint density at radius 3 is 2.77 bits per heavy atom. The van der Waals surface area contributed by atoms with Gasteiger partial charge < -0.3 is 15.0 Å². The van der Waals surface area contributed by atoms with Crippen LogP contribution in [0.2, 0.25) is 0 Å². The third-order valence-electron chi connectivity index (χ3n) is 5.10. The Bertz CT molecular complexity index is 826. The van der Waals surface area contributed by atoms with Crippen LogP contribution in [0.15, 0.2) is 6.07 Å². The van der Waals surface area contributed by atoms with E-state index in [1.807, 2.05) is 13.0 Å². The molecule has 4 rings (SSSR count). The Balaban J connectivity index is 1.69. The molecule has 0 aliphatic carbocycles. The molecule has 1 amide bonds. The van der Waals surface area contributed by atoms with Gasteiger partial charge in [0, 0.05) is 31.9 Å². The molecule has 7 heteroatoms. The number of aryl methyl sites for hydroxylation is 2. The highest BCUT2D eigenvalue weighted by atomic mass is 16.5. The van der Waals surface area contributed by atoms with Crippen molar-refractivity contribution >= 4 is 22.8 Å². The van der Waals surface area contributed by atoms with Crippen molar-refractivity contribution in [2.24, 2.45) is 0 Å². The number of carbonyl (C=O) groups excluding carboxylic acids is 1. The van der Waals surface area contributed by atoms with Crippen LogP contribution in [-0.2, 0) is 4.74 Å². The van der Waals surface area contributed by atoms with Gasteiger partial charge in [0.2, 0.25) is 5.82 Å². The number of hydrogen-bond acceptors (Lipinski definition) is 6. The maximum atomic E-state index is 12.6. The van der Waals surface area contributed by atoms with Gasteiger partial charge in [0.05, 0.1) is 11.5 Å². The zero-order valence-electron chi connectivity index (χ0n) is 15.4. The smallest absolute Gasteiger partial charge is 0.289 e. The molecule has 0 radical (unpaired) electrons. The number of nitrogens with one attached hydrogen (secondary N) is 1. The largest absolute Gasteiger partial charge is 0.376 e. The van der Waals surface area contributed by atoms with Crippen LogP contribution in [0.25, 0.3) is 11.0 Å². The van der Waals surface area contributed by atoms with Gasteiger partial charge in [-0.3, -0.25) is 4.79 Å². The van der Waals surface area contributed by atoms with Crippen LogP contribution in [0.3, 0.4) is 0 Å². The molecule has 7 nitrogen and oxygen atoms in total. The molecular formula is C19H25N5O2. The van der Waals surface area contributed by atoms with Gasteiger partial charge in [0.1, 0.15) is 5.82 Å². The average Bonchev–Trinajstić information content (AvgIpc) is 3.31. The second-order valence-electron chi connectivity index (χ2n) is 7.19. The Labute approximate surface area is 153 Å². The fourth-order valence-corrected chi connectivity index (χ4v) is 3.81. The van der Waals surface area contributed by atoms with Gasteiger partial charge in [-0.2, -0.15) is 0 Å². The standard InChI is InChI=1S/C19H25N5O2/c1-12-10-13(2)21-16-15(12)18(24-7-3-4-8-24)23-17(22-16)19(25)20-11-14-6-5-9-26-14/h10,14H,3-9,11H2,1-2H3,(H,20,25)/t14-/m1/s1. The zero-order chi connectivity index (χ0) is 18.1. The van der Waals surface area contributed by atoms with Gasteiger partial charge >= 0.3 is 0 Å². The number of carbonyl (C=O) groups is 1. The minimum atomic E-state index is -0.260. The van der Waals surface area contributed by atoms with Crippen LogP contribution in [0.1, 0.15) is 47.6 Å². The van der Waals surface area contributed by atoms with Gasteiger partial charge in [-0.15, -0.1) is 0 Å². The Morgan fingerprint density at radius 2 is 2.04 bits per heavy atom. The number of hydrogen-bond donors (Lipinski definition) is 1. The molecular weight excluding hydrogens is 330 g/mol. The van der Waals surface area contributed by atoms with Crippen LogP contribution in [0, 0.1) is 13.8 Å². The summed E-state index contributed by atoms with van der Waals surface area (Å²) in [6.07, 6.45) is 4.42. The summed E-state index contributed by atoms with van der Waals surface area (Å²) in [6, 6.07) is 2.04. The van der Waals surface area contributed by atoms with Crippen LogP contribution >= 0.6 is 0 Å². The topological polar surface area (TPSA) is 80.2 Å². The van der Waals surface area contributed by atoms with Crippen molar-refractivity contribution in [1.29, 1.82) is 0 Å². The number of fused-ring (bicyclic) bond motifs is 1. The van der Waals surface area contributed by atoms with Gasteiger partial charge in [-0.1, -0.05) is 0 Å². The predicted octanol–water partition coefficient (Wildman–Crippen LogP) is 2.15. The van der Waals surface area contributed by atoms with E-state index in [1.165, 1.54) is 0 Å². The summed E-state index contributed by atoms with van der Waals surface area (Å²) >= 11 is 0. The van der Waals surface area contributed by atoms with Crippen LogP contribution < -0.4 is 10.2 Å². The second-order valence-corrected chi connectivity index (χ2v) is 7.19. The van der Waals surface area contributed by atoms with Crippen molar-refractivity contribution in [3.8, 4) is 0 Å². The van der Waals surface area contributed by atoms with Crippen molar-refractivity contribution in [2.75, 3.05) is 31.1 Å². The predicted molar refractivity (Wildman–Crippen MR) is 99.6 cm³/mol. The molecule has 0 spiro atoms. The van der Waals surface area contributed by atoms with Crippen molar-refractivity contribution in [3.05, 3.63) is 23.1 Å². The minimum Gasteiger partial charge on any atom is -0.376 e. The van der Waals surface area contributed by atoms with Crippen molar-refractivity contribution < 1.29 is 9.53 Å². The molecule has 138 valence electrons. The summed E-state index contributed by atoms with van der Waals surface area (Å²) in [5.74, 6) is 0.762. The van der Waals surface area contributed by atoms with Crippen LogP contribution in [0.5, 0.6) is 0 Å². The van der Waals surface area contributed by atoms with Gasteiger partial charge in [0.25, 0.3) is 5.91 Å². The highest BCUT2D eigenvalue weighted by Crippen LogP contribution is 2.29.